The summed E-state index contributed by atoms with van der Waals surface area (Å²) in [5.41, 5.74) is 1.73. The first-order chi connectivity index (χ1) is 17.0. The Kier molecular flexibility index (Phi) is 7.47. The van der Waals surface area contributed by atoms with Crippen LogP contribution >= 0.6 is 11.8 Å². The number of hydrogen-bond donors (Lipinski definition) is 2. The molecule has 4 rings (SSSR count). The number of nitrogens with zero attached hydrogens (tertiary/aromatic N) is 3. The molecule has 178 valence electrons. The Bertz CT molecular complexity index is 1380. The SMILES string of the molecule is C=CCn1c(COc2ccc3ccccc3c2C)nnc1SCC(=O)Nc1ccc(C(=O)O)cc1. The predicted molar refractivity (Wildman–Crippen MR) is 136 cm³/mol. The number of rotatable bonds is 10. The van der Waals surface area contributed by atoms with Gasteiger partial charge in [-0.3, -0.25) is 9.36 Å². The zero-order valence-electron chi connectivity index (χ0n) is 19.1. The number of carboxylic acids is 1. The Morgan fingerprint density at radius 2 is 1.89 bits per heavy atom. The number of anilines is 1. The van der Waals surface area contributed by atoms with E-state index in [9.17, 15) is 9.59 Å². The molecule has 0 spiro atoms. The summed E-state index contributed by atoms with van der Waals surface area (Å²) < 4.78 is 7.94. The largest absolute Gasteiger partial charge is 0.485 e. The van der Waals surface area contributed by atoms with E-state index in [1.807, 2.05) is 35.8 Å². The summed E-state index contributed by atoms with van der Waals surface area (Å²) in [4.78, 5) is 23.3. The van der Waals surface area contributed by atoms with Gasteiger partial charge in [-0.1, -0.05) is 48.2 Å². The molecule has 0 atom stereocenters. The van der Waals surface area contributed by atoms with E-state index in [-0.39, 0.29) is 23.8 Å². The van der Waals surface area contributed by atoms with E-state index in [0.29, 0.717) is 23.2 Å². The second kappa shape index (κ2) is 10.9. The number of aromatic carboxylic acids is 1. The van der Waals surface area contributed by atoms with Crippen molar-refractivity contribution < 1.29 is 19.4 Å². The summed E-state index contributed by atoms with van der Waals surface area (Å²) in [6, 6.07) is 18.1. The van der Waals surface area contributed by atoms with Crippen molar-refractivity contribution in [1.82, 2.24) is 14.8 Å². The fourth-order valence-corrected chi connectivity index (χ4v) is 4.34. The molecule has 8 nitrogen and oxygen atoms in total. The Balaban J connectivity index is 1.40. The van der Waals surface area contributed by atoms with Crippen molar-refractivity contribution in [3.8, 4) is 5.75 Å². The third-order valence-electron chi connectivity index (χ3n) is 5.36. The molecule has 0 unspecified atom stereocenters. The highest BCUT2D eigenvalue weighted by atomic mass is 32.2. The minimum absolute atomic E-state index is 0.112. The molecule has 2 N–H and O–H groups in total. The number of thioether (sulfide) groups is 1. The van der Waals surface area contributed by atoms with Gasteiger partial charge in [0.25, 0.3) is 0 Å². The lowest BCUT2D eigenvalue weighted by Gasteiger charge is -2.12. The minimum Gasteiger partial charge on any atom is -0.485 e. The van der Waals surface area contributed by atoms with Crippen LogP contribution in [0.2, 0.25) is 0 Å². The maximum Gasteiger partial charge on any atom is 0.335 e. The number of hydrogen-bond acceptors (Lipinski definition) is 6. The number of allylic oxidation sites excluding steroid dienone is 1. The lowest BCUT2D eigenvalue weighted by Crippen LogP contribution is -2.15. The number of benzene rings is 3. The van der Waals surface area contributed by atoms with Gasteiger partial charge >= 0.3 is 5.97 Å². The van der Waals surface area contributed by atoms with Crippen LogP contribution in [0.25, 0.3) is 10.8 Å². The molecule has 0 aliphatic heterocycles. The quantitative estimate of drug-likeness (QED) is 0.241. The summed E-state index contributed by atoms with van der Waals surface area (Å²) in [6.45, 7) is 6.54. The van der Waals surface area contributed by atoms with E-state index in [4.69, 9.17) is 9.84 Å². The zero-order valence-corrected chi connectivity index (χ0v) is 19.9. The van der Waals surface area contributed by atoms with Crippen LogP contribution in [0.1, 0.15) is 21.7 Å². The van der Waals surface area contributed by atoms with E-state index in [1.54, 1.807) is 18.2 Å². The molecule has 0 radical (unpaired) electrons. The maximum absolute atomic E-state index is 12.4. The van der Waals surface area contributed by atoms with Crippen molar-refractivity contribution in [1.29, 1.82) is 0 Å². The average Bonchev–Trinajstić information content (AvgIpc) is 3.24. The molecule has 3 aromatic carbocycles. The number of fused-ring (bicyclic) bond motifs is 1. The zero-order chi connectivity index (χ0) is 24.8. The van der Waals surface area contributed by atoms with Gasteiger partial charge in [-0.05, 0) is 53.6 Å². The van der Waals surface area contributed by atoms with Gasteiger partial charge in [-0.2, -0.15) is 0 Å². The first-order valence-electron chi connectivity index (χ1n) is 10.9. The van der Waals surface area contributed by atoms with Gasteiger partial charge in [0.1, 0.15) is 12.4 Å². The number of aromatic nitrogens is 3. The first-order valence-corrected chi connectivity index (χ1v) is 11.8. The first kappa shape index (κ1) is 24.0. The summed E-state index contributed by atoms with van der Waals surface area (Å²) in [6.07, 6.45) is 1.74. The predicted octanol–water partition coefficient (Wildman–Crippen LogP) is 4.93. The Morgan fingerprint density at radius 1 is 1.11 bits per heavy atom. The normalized spacial score (nSPS) is 10.8. The number of carboxylic acid groups (broad SMARTS) is 1. The fraction of sp³-hybridized carbons (Fsp3) is 0.154. The van der Waals surface area contributed by atoms with Crippen molar-refractivity contribution in [2.75, 3.05) is 11.1 Å². The van der Waals surface area contributed by atoms with Crippen molar-refractivity contribution in [2.45, 2.75) is 25.2 Å². The van der Waals surface area contributed by atoms with Crippen LogP contribution < -0.4 is 10.1 Å². The van der Waals surface area contributed by atoms with Crippen molar-refractivity contribution in [2.24, 2.45) is 0 Å². The maximum atomic E-state index is 12.4. The number of carbonyl (C=O) groups excluding carboxylic acids is 1. The van der Waals surface area contributed by atoms with Gasteiger partial charge in [0.15, 0.2) is 11.0 Å². The van der Waals surface area contributed by atoms with E-state index in [1.165, 1.54) is 23.9 Å². The number of amides is 1. The van der Waals surface area contributed by atoms with Crippen molar-refractivity contribution in [3.05, 3.63) is 90.3 Å². The van der Waals surface area contributed by atoms with Crippen LogP contribution in [0.5, 0.6) is 5.75 Å². The Hall–Kier alpha value is -4.11. The van der Waals surface area contributed by atoms with Gasteiger partial charge in [0.05, 0.1) is 11.3 Å². The summed E-state index contributed by atoms with van der Waals surface area (Å²) in [5, 5.41) is 23.1. The molecule has 4 aromatic rings. The molecule has 35 heavy (non-hydrogen) atoms. The van der Waals surface area contributed by atoms with E-state index >= 15 is 0 Å². The number of ether oxygens (including phenoxy) is 1. The number of nitrogens with one attached hydrogen (secondary N) is 1. The lowest BCUT2D eigenvalue weighted by atomic mass is 10.0. The van der Waals surface area contributed by atoms with Crippen LogP contribution in [0.4, 0.5) is 5.69 Å². The highest BCUT2D eigenvalue weighted by Crippen LogP contribution is 2.28. The average molecular weight is 489 g/mol. The number of aryl methyl sites for hydroxylation is 1. The van der Waals surface area contributed by atoms with Crippen LogP contribution in [0.15, 0.2) is 78.5 Å². The summed E-state index contributed by atoms with van der Waals surface area (Å²) in [5.74, 6) is 0.260. The highest BCUT2D eigenvalue weighted by Gasteiger charge is 2.15. The molecule has 1 heterocycles. The highest BCUT2D eigenvalue weighted by molar-refractivity contribution is 7.99. The standard InChI is InChI=1S/C26H24N4O4S/c1-3-14-30-23(15-34-22-13-10-18-6-4-5-7-21(18)17(22)2)28-29-26(30)35-16-24(31)27-20-11-8-19(9-12-20)25(32)33/h3-13H,1,14-16H2,2H3,(H,27,31)(H,32,33). The van der Waals surface area contributed by atoms with Gasteiger partial charge < -0.3 is 15.2 Å². The van der Waals surface area contributed by atoms with E-state index < -0.39 is 5.97 Å². The van der Waals surface area contributed by atoms with Crippen LogP contribution in [0.3, 0.4) is 0 Å². The Labute approximate surface area is 206 Å². The van der Waals surface area contributed by atoms with E-state index in [0.717, 1.165) is 22.1 Å². The molecule has 0 saturated carbocycles. The Morgan fingerprint density at radius 3 is 2.63 bits per heavy atom. The summed E-state index contributed by atoms with van der Waals surface area (Å²) >= 11 is 1.25. The van der Waals surface area contributed by atoms with Crippen LogP contribution in [-0.2, 0) is 17.9 Å². The smallest absolute Gasteiger partial charge is 0.335 e. The van der Waals surface area contributed by atoms with Crippen molar-refractivity contribution >= 4 is 40.1 Å². The second-order valence-corrected chi connectivity index (χ2v) is 8.66. The molecule has 0 fully saturated rings. The van der Waals surface area contributed by atoms with E-state index in [2.05, 4.69) is 34.2 Å². The van der Waals surface area contributed by atoms with Crippen LogP contribution in [0, 0.1) is 6.92 Å². The topological polar surface area (TPSA) is 106 Å². The minimum atomic E-state index is -1.02. The van der Waals surface area contributed by atoms with Crippen molar-refractivity contribution in [3.63, 3.8) is 0 Å². The van der Waals surface area contributed by atoms with Gasteiger partial charge in [0.2, 0.25) is 5.91 Å². The lowest BCUT2D eigenvalue weighted by molar-refractivity contribution is -0.113. The molecule has 0 aliphatic rings. The molecule has 1 aromatic heterocycles. The van der Waals surface area contributed by atoms with Gasteiger partial charge in [-0.15, -0.1) is 16.8 Å². The molecule has 0 bridgehead atoms. The number of carbonyl (C=O) groups is 2. The third kappa shape index (κ3) is 5.70. The molecule has 0 saturated heterocycles. The van der Waals surface area contributed by atoms with Crippen LogP contribution in [-0.4, -0.2) is 37.5 Å². The molecule has 1 amide bonds. The molecule has 9 heteroatoms. The van der Waals surface area contributed by atoms with Gasteiger partial charge in [-0.25, -0.2) is 4.79 Å². The fourth-order valence-electron chi connectivity index (χ4n) is 3.57. The molecular formula is C26H24N4O4S. The summed E-state index contributed by atoms with van der Waals surface area (Å²) in [7, 11) is 0. The monoisotopic (exact) mass is 488 g/mol. The third-order valence-corrected chi connectivity index (χ3v) is 6.33. The molecular weight excluding hydrogens is 464 g/mol. The second-order valence-electron chi connectivity index (χ2n) is 7.72. The van der Waals surface area contributed by atoms with Gasteiger partial charge in [0, 0.05) is 12.2 Å². The molecule has 0 aliphatic carbocycles.